The van der Waals surface area contributed by atoms with E-state index in [1.54, 1.807) is 6.92 Å². The van der Waals surface area contributed by atoms with E-state index in [1.807, 2.05) is 0 Å². The fourth-order valence-electron chi connectivity index (χ4n) is 3.07. The molecule has 0 radical (unpaired) electrons. The van der Waals surface area contributed by atoms with E-state index in [2.05, 4.69) is 0 Å². The van der Waals surface area contributed by atoms with Crippen molar-refractivity contribution < 1.29 is 4.79 Å². The third-order valence-electron chi connectivity index (χ3n) is 3.61. The number of carbonyl (C=O) groups excluding carboxylic acids is 1. The highest BCUT2D eigenvalue weighted by Crippen LogP contribution is 2.47. The van der Waals surface area contributed by atoms with Gasteiger partial charge in [-0.05, 0) is 38.0 Å². The molecule has 2 rings (SSSR count). The quantitative estimate of drug-likeness (QED) is 0.564. The van der Waals surface area contributed by atoms with Crippen molar-refractivity contribution in [3.05, 3.63) is 0 Å². The summed E-state index contributed by atoms with van der Waals surface area (Å²) in [6.07, 6.45) is 6.61. The fraction of sp³-hybridized carbons (Fsp3) is 0.900. The number of carbonyl (C=O) groups is 1. The molecule has 0 amide bonds. The van der Waals surface area contributed by atoms with Gasteiger partial charge in [0.1, 0.15) is 5.78 Å². The molecule has 2 aliphatic rings. The summed E-state index contributed by atoms with van der Waals surface area (Å²) in [6, 6.07) is 0. The molecule has 0 aliphatic heterocycles. The SMILES string of the molecule is CC(=O)[C@@H]1CC[C@@H]2CCC[C@@H]21. The number of Topliss-reactive ketones (excluding diaryl/α,β-unsaturated/α-hetero) is 1. The molecule has 1 heteroatoms. The summed E-state index contributed by atoms with van der Waals surface area (Å²) in [7, 11) is 0. The Balaban J connectivity index is 2.08. The molecule has 0 spiro atoms. The minimum absolute atomic E-state index is 0.444. The molecule has 3 atom stereocenters. The molecule has 1 nitrogen and oxygen atoms in total. The molecule has 0 aromatic rings. The molecule has 2 aliphatic carbocycles. The van der Waals surface area contributed by atoms with Gasteiger partial charge in [-0.25, -0.2) is 0 Å². The van der Waals surface area contributed by atoms with E-state index < -0.39 is 0 Å². The summed E-state index contributed by atoms with van der Waals surface area (Å²) in [5.74, 6) is 2.60. The molecule has 11 heavy (non-hydrogen) atoms. The van der Waals surface area contributed by atoms with Gasteiger partial charge < -0.3 is 0 Å². The Hall–Kier alpha value is -0.330. The van der Waals surface area contributed by atoms with Gasteiger partial charge in [0.2, 0.25) is 0 Å². The van der Waals surface area contributed by atoms with Gasteiger partial charge in [0, 0.05) is 5.92 Å². The van der Waals surface area contributed by atoms with Crippen LogP contribution < -0.4 is 0 Å². The van der Waals surface area contributed by atoms with Crippen LogP contribution >= 0.6 is 0 Å². The lowest BCUT2D eigenvalue weighted by atomic mass is 9.89. The summed E-state index contributed by atoms with van der Waals surface area (Å²) in [4.78, 5) is 11.2. The minimum Gasteiger partial charge on any atom is -0.300 e. The second kappa shape index (κ2) is 2.62. The number of hydrogen-bond acceptors (Lipinski definition) is 1. The van der Waals surface area contributed by atoms with Crippen molar-refractivity contribution in [3.8, 4) is 0 Å². The largest absolute Gasteiger partial charge is 0.300 e. The molecule has 2 saturated carbocycles. The van der Waals surface area contributed by atoms with Crippen LogP contribution in [-0.4, -0.2) is 5.78 Å². The van der Waals surface area contributed by atoms with Crippen molar-refractivity contribution >= 4 is 5.78 Å². The molecule has 0 aromatic carbocycles. The third kappa shape index (κ3) is 1.11. The Labute approximate surface area is 68.2 Å². The van der Waals surface area contributed by atoms with E-state index >= 15 is 0 Å². The van der Waals surface area contributed by atoms with Crippen LogP contribution in [0.25, 0.3) is 0 Å². The Morgan fingerprint density at radius 2 is 2.00 bits per heavy atom. The van der Waals surface area contributed by atoms with E-state index in [0.29, 0.717) is 11.7 Å². The van der Waals surface area contributed by atoms with E-state index in [-0.39, 0.29) is 0 Å². The molecular weight excluding hydrogens is 136 g/mol. The lowest BCUT2D eigenvalue weighted by Gasteiger charge is -2.14. The predicted octanol–water partition coefficient (Wildman–Crippen LogP) is 2.40. The van der Waals surface area contributed by atoms with Crippen LogP contribution in [0, 0.1) is 17.8 Å². The van der Waals surface area contributed by atoms with Gasteiger partial charge in [0.25, 0.3) is 0 Å². The zero-order valence-electron chi connectivity index (χ0n) is 7.18. The van der Waals surface area contributed by atoms with Crippen LogP contribution in [0.4, 0.5) is 0 Å². The number of hydrogen-bond donors (Lipinski definition) is 0. The first-order valence-corrected chi connectivity index (χ1v) is 4.79. The maximum absolute atomic E-state index is 11.2. The van der Waals surface area contributed by atoms with Crippen LogP contribution in [0.1, 0.15) is 39.0 Å². The first-order chi connectivity index (χ1) is 5.29. The molecule has 0 aromatic heterocycles. The normalized spacial score (nSPS) is 42.5. The van der Waals surface area contributed by atoms with Gasteiger partial charge in [-0.3, -0.25) is 4.79 Å². The Bertz CT molecular complexity index is 174. The van der Waals surface area contributed by atoms with Crippen molar-refractivity contribution in [2.45, 2.75) is 39.0 Å². The molecule has 0 unspecified atom stereocenters. The van der Waals surface area contributed by atoms with Crippen molar-refractivity contribution in [3.63, 3.8) is 0 Å². The fourth-order valence-corrected chi connectivity index (χ4v) is 3.07. The zero-order valence-corrected chi connectivity index (χ0v) is 7.18. The van der Waals surface area contributed by atoms with Gasteiger partial charge in [-0.2, -0.15) is 0 Å². The van der Waals surface area contributed by atoms with Crippen molar-refractivity contribution in [1.29, 1.82) is 0 Å². The second-order valence-corrected chi connectivity index (χ2v) is 4.15. The number of ketones is 1. The first kappa shape index (κ1) is 7.33. The monoisotopic (exact) mass is 152 g/mol. The van der Waals surface area contributed by atoms with Crippen LogP contribution in [0.3, 0.4) is 0 Å². The molecular formula is C10H16O. The van der Waals surface area contributed by atoms with E-state index in [9.17, 15) is 4.79 Å². The lowest BCUT2D eigenvalue weighted by Crippen LogP contribution is -2.16. The minimum atomic E-state index is 0.444. The molecule has 0 heterocycles. The lowest BCUT2D eigenvalue weighted by molar-refractivity contribution is -0.121. The van der Waals surface area contributed by atoms with Crippen LogP contribution in [-0.2, 0) is 4.79 Å². The second-order valence-electron chi connectivity index (χ2n) is 4.15. The predicted molar refractivity (Wildman–Crippen MR) is 44.2 cm³/mol. The Morgan fingerprint density at radius 1 is 1.18 bits per heavy atom. The van der Waals surface area contributed by atoms with Gasteiger partial charge in [0.05, 0.1) is 0 Å². The summed E-state index contributed by atoms with van der Waals surface area (Å²) in [6.45, 7) is 1.77. The summed E-state index contributed by atoms with van der Waals surface area (Å²) in [5, 5.41) is 0. The molecule has 0 saturated heterocycles. The van der Waals surface area contributed by atoms with Gasteiger partial charge in [-0.1, -0.05) is 12.8 Å². The average Bonchev–Trinajstić information content (AvgIpc) is 2.41. The van der Waals surface area contributed by atoms with E-state index in [1.165, 1.54) is 32.1 Å². The third-order valence-corrected chi connectivity index (χ3v) is 3.61. The van der Waals surface area contributed by atoms with Crippen LogP contribution in [0.5, 0.6) is 0 Å². The van der Waals surface area contributed by atoms with Crippen LogP contribution in [0.2, 0.25) is 0 Å². The zero-order chi connectivity index (χ0) is 7.84. The maximum Gasteiger partial charge on any atom is 0.133 e. The highest BCUT2D eigenvalue weighted by Gasteiger charge is 2.40. The van der Waals surface area contributed by atoms with Gasteiger partial charge in [0.15, 0.2) is 0 Å². The van der Waals surface area contributed by atoms with Crippen molar-refractivity contribution in [1.82, 2.24) is 0 Å². The van der Waals surface area contributed by atoms with Crippen molar-refractivity contribution in [2.75, 3.05) is 0 Å². The number of fused-ring (bicyclic) bond motifs is 1. The van der Waals surface area contributed by atoms with E-state index in [4.69, 9.17) is 0 Å². The molecule has 0 N–H and O–H groups in total. The molecule has 2 fully saturated rings. The maximum atomic E-state index is 11.2. The molecule has 0 bridgehead atoms. The van der Waals surface area contributed by atoms with E-state index in [0.717, 1.165) is 11.8 Å². The first-order valence-electron chi connectivity index (χ1n) is 4.79. The average molecular weight is 152 g/mol. The highest BCUT2D eigenvalue weighted by molar-refractivity contribution is 5.79. The molecule has 62 valence electrons. The van der Waals surface area contributed by atoms with Crippen LogP contribution in [0.15, 0.2) is 0 Å². The van der Waals surface area contributed by atoms with Gasteiger partial charge >= 0.3 is 0 Å². The standard InChI is InChI=1S/C10H16O/c1-7(11)9-6-5-8-3-2-4-10(8)9/h8-10H,2-6H2,1H3/t8-,9-,10-/m0/s1. The Morgan fingerprint density at radius 3 is 2.73 bits per heavy atom. The Kier molecular flexibility index (Phi) is 1.74. The summed E-state index contributed by atoms with van der Waals surface area (Å²) in [5.41, 5.74) is 0. The summed E-state index contributed by atoms with van der Waals surface area (Å²) >= 11 is 0. The summed E-state index contributed by atoms with van der Waals surface area (Å²) < 4.78 is 0. The smallest absolute Gasteiger partial charge is 0.133 e. The topological polar surface area (TPSA) is 17.1 Å². The number of rotatable bonds is 1. The highest BCUT2D eigenvalue weighted by atomic mass is 16.1. The van der Waals surface area contributed by atoms with Crippen molar-refractivity contribution in [2.24, 2.45) is 17.8 Å². The van der Waals surface area contributed by atoms with Gasteiger partial charge in [-0.15, -0.1) is 0 Å².